The van der Waals surface area contributed by atoms with Crippen molar-refractivity contribution < 1.29 is 9.32 Å². The van der Waals surface area contributed by atoms with Gasteiger partial charge in [0.1, 0.15) is 0 Å². The van der Waals surface area contributed by atoms with Gasteiger partial charge in [0.05, 0.1) is 0 Å². The third-order valence-corrected chi connectivity index (χ3v) is 4.57. The third-order valence-electron chi connectivity index (χ3n) is 4.57. The average Bonchev–Trinajstić information content (AvgIpc) is 3.06. The maximum absolute atomic E-state index is 12.1. The Morgan fingerprint density at radius 1 is 1.38 bits per heavy atom. The molecule has 1 N–H and O–H groups in total. The normalized spacial score (nSPS) is 25.8. The number of nitrogens with zero attached hydrogens (tertiary/aromatic N) is 3. The lowest BCUT2D eigenvalue weighted by molar-refractivity contribution is -0.122. The van der Waals surface area contributed by atoms with Crippen LogP contribution in [0.15, 0.2) is 4.52 Å². The molecule has 2 saturated heterocycles. The summed E-state index contributed by atoms with van der Waals surface area (Å²) in [6.07, 6.45) is 6.89. The maximum atomic E-state index is 12.1. The largest absolute Gasteiger partial charge is 0.352 e. The van der Waals surface area contributed by atoms with E-state index in [4.69, 9.17) is 4.52 Å². The van der Waals surface area contributed by atoms with Crippen LogP contribution < -0.4 is 5.32 Å². The molecule has 0 unspecified atom stereocenters. The minimum absolute atomic E-state index is 0.156. The van der Waals surface area contributed by atoms with Crippen LogP contribution in [0.2, 0.25) is 0 Å². The lowest BCUT2D eigenvalue weighted by Crippen LogP contribution is -2.46. The van der Waals surface area contributed by atoms with E-state index in [1.165, 1.54) is 25.8 Å². The number of aryl methyl sites for hydroxylation is 2. The molecule has 0 bridgehead atoms. The zero-order chi connectivity index (χ0) is 14.7. The number of carbonyl (C=O) groups is 1. The highest BCUT2D eigenvalue weighted by Gasteiger charge is 2.35. The van der Waals surface area contributed by atoms with Crippen LogP contribution in [0.4, 0.5) is 0 Å². The first kappa shape index (κ1) is 14.5. The summed E-state index contributed by atoms with van der Waals surface area (Å²) >= 11 is 0. The second-order valence-corrected chi connectivity index (χ2v) is 6.15. The molecular weight excluding hydrogens is 268 g/mol. The number of piperidine rings is 1. The Labute approximate surface area is 125 Å². The lowest BCUT2D eigenvalue weighted by Gasteiger charge is -2.32. The van der Waals surface area contributed by atoms with Crippen molar-refractivity contribution in [1.82, 2.24) is 20.4 Å². The van der Waals surface area contributed by atoms with Crippen LogP contribution in [0.5, 0.6) is 0 Å². The van der Waals surface area contributed by atoms with E-state index in [0.717, 1.165) is 19.4 Å². The average molecular weight is 292 g/mol. The predicted octanol–water partition coefficient (Wildman–Crippen LogP) is 1.44. The number of aromatic nitrogens is 2. The van der Waals surface area contributed by atoms with Crippen LogP contribution in [0.25, 0.3) is 0 Å². The van der Waals surface area contributed by atoms with Gasteiger partial charge in [0, 0.05) is 31.5 Å². The van der Waals surface area contributed by atoms with E-state index in [-0.39, 0.29) is 5.91 Å². The Morgan fingerprint density at radius 3 is 3.10 bits per heavy atom. The predicted molar refractivity (Wildman–Crippen MR) is 77.7 cm³/mol. The second-order valence-electron chi connectivity index (χ2n) is 6.15. The van der Waals surface area contributed by atoms with Crippen LogP contribution in [0.3, 0.4) is 0 Å². The molecule has 1 amide bonds. The van der Waals surface area contributed by atoms with Crippen molar-refractivity contribution in [2.24, 2.45) is 0 Å². The molecule has 3 rings (SSSR count). The van der Waals surface area contributed by atoms with Crippen LogP contribution in [-0.2, 0) is 11.2 Å². The van der Waals surface area contributed by atoms with Gasteiger partial charge in [-0.2, -0.15) is 4.98 Å². The first-order valence-corrected chi connectivity index (χ1v) is 8.05. The van der Waals surface area contributed by atoms with E-state index in [1.807, 2.05) is 0 Å². The quantitative estimate of drug-likeness (QED) is 0.889. The Morgan fingerprint density at radius 2 is 2.29 bits per heavy atom. The summed E-state index contributed by atoms with van der Waals surface area (Å²) in [5.41, 5.74) is 0. The molecule has 116 valence electrons. The molecule has 0 radical (unpaired) electrons. The van der Waals surface area contributed by atoms with Gasteiger partial charge in [0.2, 0.25) is 11.8 Å². The van der Waals surface area contributed by atoms with Gasteiger partial charge in [0.25, 0.3) is 0 Å². The molecule has 2 atom stereocenters. The van der Waals surface area contributed by atoms with Crippen molar-refractivity contribution >= 4 is 5.91 Å². The Kier molecular flexibility index (Phi) is 4.53. The minimum atomic E-state index is 0.156. The number of carbonyl (C=O) groups excluding carboxylic acids is 1. The van der Waals surface area contributed by atoms with Gasteiger partial charge < -0.3 is 9.84 Å². The molecule has 0 saturated carbocycles. The molecule has 21 heavy (non-hydrogen) atoms. The minimum Gasteiger partial charge on any atom is -0.352 e. The van der Waals surface area contributed by atoms with Gasteiger partial charge in [0.15, 0.2) is 5.82 Å². The van der Waals surface area contributed by atoms with Crippen molar-refractivity contribution in [2.75, 3.05) is 13.1 Å². The summed E-state index contributed by atoms with van der Waals surface area (Å²) in [6, 6.07) is 0.921. The summed E-state index contributed by atoms with van der Waals surface area (Å²) in [5, 5.41) is 6.97. The van der Waals surface area contributed by atoms with Crippen molar-refractivity contribution in [3.63, 3.8) is 0 Å². The number of fused-ring (bicyclic) bond motifs is 1. The number of hydrogen-bond acceptors (Lipinski definition) is 5. The van der Waals surface area contributed by atoms with Crippen molar-refractivity contribution in [3.8, 4) is 0 Å². The SMILES string of the molecule is Cc1noc(CCCC(=O)N[C@H]2CCN3CCCC[C@H]23)n1. The maximum Gasteiger partial charge on any atom is 0.226 e. The first-order valence-electron chi connectivity index (χ1n) is 8.05. The number of amides is 1. The van der Waals surface area contributed by atoms with Crippen molar-refractivity contribution in [2.45, 2.75) is 64.0 Å². The topological polar surface area (TPSA) is 71.3 Å². The van der Waals surface area contributed by atoms with Crippen LogP contribution in [0, 0.1) is 6.92 Å². The Hall–Kier alpha value is -1.43. The Balaban J connectivity index is 1.40. The molecule has 0 spiro atoms. The fourth-order valence-electron chi connectivity index (χ4n) is 3.54. The van der Waals surface area contributed by atoms with Crippen molar-refractivity contribution in [3.05, 3.63) is 11.7 Å². The summed E-state index contributed by atoms with van der Waals surface area (Å²) in [4.78, 5) is 18.8. The van der Waals surface area contributed by atoms with E-state index in [9.17, 15) is 4.79 Å². The molecule has 6 nitrogen and oxygen atoms in total. The third kappa shape index (κ3) is 3.61. The second kappa shape index (κ2) is 6.56. The summed E-state index contributed by atoms with van der Waals surface area (Å²) in [7, 11) is 0. The molecule has 1 aromatic rings. The van der Waals surface area contributed by atoms with E-state index < -0.39 is 0 Å². The molecular formula is C15H24N4O2. The van der Waals surface area contributed by atoms with E-state index in [1.54, 1.807) is 6.92 Å². The molecule has 2 aliphatic rings. The smallest absolute Gasteiger partial charge is 0.226 e. The summed E-state index contributed by atoms with van der Waals surface area (Å²) in [5.74, 6) is 1.43. The Bertz CT molecular complexity index is 488. The highest BCUT2D eigenvalue weighted by molar-refractivity contribution is 5.76. The van der Waals surface area contributed by atoms with Gasteiger partial charge in [-0.05, 0) is 39.2 Å². The lowest BCUT2D eigenvalue weighted by atomic mass is 9.99. The first-order chi connectivity index (χ1) is 10.2. The fourth-order valence-corrected chi connectivity index (χ4v) is 3.54. The monoisotopic (exact) mass is 292 g/mol. The van der Waals surface area contributed by atoms with Crippen LogP contribution in [-0.4, -0.2) is 46.1 Å². The number of rotatable bonds is 5. The van der Waals surface area contributed by atoms with Crippen LogP contribution in [0.1, 0.15) is 50.2 Å². The van der Waals surface area contributed by atoms with E-state index in [2.05, 4.69) is 20.4 Å². The van der Waals surface area contributed by atoms with Crippen molar-refractivity contribution in [1.29, 1.82) is 0 Å². The highest BCUT2D eigenvalue weighted by Crippen LogP contribution is 2.27. The molecule has 6 heteroatoms. The van der Waals surface area contributed by atoms with Gasteiger partial charge in [-0.25, -0.2) is 0 Å². The number of nitrogens with one attached hydrogen (secondary N) is 1. The van der Waals surface area contributed by atoms with Gasteiger partial charge in [-0.1, -0.05) is 11.6 Å². The summed E-state index contributed by atoms with van der Waals surface area (Å²) in [6.45, 7) is 4.14. The van der Waals surface area contributed by atoms with Gasteiger partial charge in [-0.15, -0.1) is 0 Å². The fraction of sp³-hybridized carbons (Fsp3) is 0.800. The van der Waals surface area contributed by atoms with Crippen LogP contribution >= 0.6 is 0 Å². The van der Waals surface area contributed by atoms with E-state index >= 15 is 0 Å². The van der Waals surface area contributed by atoms with Gasteiger partial charge in [-0.3, -0.25) is 9.69 Å². The molecule has 3 heterocycles. The molecule has 0 aliphatic carbocycles. The molecule has 2 aliphatic heterocycles. The highest BCUT2D eigenvalue weighted by atomic mass is 16.5. The summed E-state index contributed by atoms with van der Waals surface area (Å²) < 4.78 is 5.05. The zero-order valence-electron chi connectivity index (χ0n) is 12.7. The van der Waals surface area contributed by atoms with E-state index in [0.29, 0.717) is 36.6 Å². The molecule has 1 aromatic heterocycles. The standard InChI is InChI=1S/C15H24N4O2/c1-11-16-15(21-18-11)7-4-6-14(20)17-12-8-10-19-9-3-2-5-13(12)19/h12-13H,2-10H2,1H3,(H,17,20)/t12-,13+/m0/s1. The molecule has 2 fully saturated rings. The van der Waals surface area contributed by atoms with Gasteiger partial charge >= 0.3 is 0 Å². The zero-order valence-corrected chi connectivity index (χ0v) is 12.7. The number of hydrogen-bond donors (Lipinski definition) is 1. The molecule has 0 aromatic carbocycles.